The van der Waals surface area contributed by atoms with Gasteiger partial charge in [-0.15, -0.1) is 0 Å². The minimum absolute atomic E-state index is 0.396. The van der Waals surface area contributed by atoms with Gasteiger partial charge in [-0.1, -0.05) is 39.3 Å². The highest BCUT2D eigenvalue weighted by Crippen LogP contribution is 2.34. The van der Waals surface area contributed by atoms with E-state index in [4.69, 9.17) is 4.74 Å². The van der Waals surface area contributed by atoms with Crippen molar-refractivity contribution in [2.75, 3.05) is 7.11 Å². The smallest absolute Gasteiger partial charge is 0.118 e. The second-order valence-corrected chi connectivity index (χ2v) is 7.09. The van der Waals surface area contributed by atoms with E-state index in [2.05, 4.69) is 57.3 Å². The molecule has 2 heteroatoms. The summed E-state index contributed by atoms with van der Waals surface area (Å²) in [5.74, 6) is 3.35. The van der Waals surface area contributed by atoms with Crippen molar-refractivity contribution in [2.24, 2.45) is 17.8 Å². The van der Waals surface area contributed by atoms with E-state index in [9.17, 15) is 0 Å². The Kier molecular flexibility index (Phi) is 5.69. The number of rotatable bonds is 5. The van der Waals surface area contributed by atoms with Crippen LogP contribution in [-0.2, 0) is 0 Å². The lowest BCUT2D eigenvalue weighted by atomic mass is 9.73. The third-order valence-electron chi connectivity index (χ3n) is 5.10. The molecule has 4 unspecified atom stereocenters. The van der Waals surface area contributed by atoms with Gasteiger partial charge in [-0.2, -0.15) is 0 Å². The highest BCUT2D eigenvalue weighted by atomic mass is 16.5. The minimum atomic E-state index is 0.396. The summed E-state index contributed by atoms with van der Waals surface area (Å²) in [5, 5.41) is 3.89. The SMILES string of the molecule is COc1ccc(C(C)NC2CC(C)CCC2C(C)C)cc1. The fourth-order valence-corrected chi connectivity index (χ4v) is 3.70. The van der Waals surface area contributed by atoms with Crippen LogP contribution in [-0.4, -0.2) is 13.2 Å². The molecule has 0 aromatic heterocycles. The summed E-state index contributed by atoms with van der Waals surface area (Å²) in [7, 11) is 1.72. The first-order valence-corrected chi connectivity index (χ1v) is 8.41. The van der Waals surface area contributed by atoms with Gasteiger partial charge < -0.3 is 10.1 Å². The quantitative estimate of drug-likeness (QED) is 0.840. The number of benzene rings is 1. The zero-order valence-corrected chi connectivity index (χ0v) is 14.2. The molecule has 21 heavy (non-hydrogen) atoms. The van der Waals surface area contributed by atoms with Gasteiger partial charge >= 0.3 is 0 Å². The number of hydrogen-bond donors (Lipinski definition) is 1. The first kappa shape index (κ1) is 16.4. The highest BCUT2D eigenvalue weighted by molar-refractivity contribution is 5.28. The van der Waals surface area contributed by atoms with Gasteiger partial charge in [0.25, 0.3) is 0 Å². The Morgan fingerprint density at radius 3 is 2.33 bits per heavy atom. The van der Waals surface area contributed by atoms with Crippen molar-refractivity contribution in [2.45, 2.75) is 59.0 Å². The molecule has 0 heterocycles. The van der Waals surface area contributed by atoms with Gasteiger partial charge in [-0.25, -0.2) is 0 Å². The summed E-state index contributed by atoms with van der Waals surface area (Å²) < 4.78 is 5.24. The topological polar surface area (TPSA) is 21.3 Å². The average Bonchev–Trinajstić information content (AvgIpc) is 2.47. The van der Waals surface area contributed by atoms with Crippen LogP contribution in [0, 0.1) is 17.8 Å². The molecule has 0 bridgehead atoms. The van der Waals surface area contributed by atoms with Crippen LogP contribution in [0.1, 0.15) is 58.6 Å². The fraction of sp³-hybridized carbons (Fsp3) is 0.684. The van der Waals surface area contributed by atoms with Gasteiger partial charge in [0, 0.05) is 12.1 Å². The first-order chi connectivity index (χ1) is 10.0. The van der Waals surface area contributed by atoms with Crippen LogP contribution in [0.4, 0.5) is 0 Å². The van der Waals surface area contributed by atoms with Crippen molar-refractivity contribution in [3.05, 3.63) is 29.8 Å². The molecule has 1 aromatic rings. The number of nitrogens with one attached hydrogen (secondary N) is 1. The summed E-state index contributed by atoms with van der Waals surface area (Å²) in [6.45, 7) is 9.41. The molecule has 1 aliphatic carbocycles. The molecule has 0 saturated heterocycles. The van der Waals surface area contributed by atoms with E-state index in [1.165, 1.54) is 24.8 Å². The third-order valence-corrected chi connectivity index (χ3v) is 5.10. The fourth-order valence-electron chi connectivity index (χ4n) is 3.70. The van der Waals surface area contributed by atoms with E-state index in [-0.39, 0.29) is 0 Å². The Hall–Kier alpha value is -1.02. The zero-order chi connectivity index (χ0) is 15.4. The van der Waals surface area contributed by atoms with E-state index in [0.717, 1.165) is 23.5 Å². The van der Waals surface area contributed by atoms with Crippen LogP contribution in [0.3, 0.4) is 0 Å². The average molecular weight is 289 g/mol. The predicted molar refractivity (Wildman–Crippen MR) is 89.7 cm³/mol. The van der Waals surface area contributed by atoms with Crippen molar-refractivity contribution < 1.29 is 4.74 Å². The normalized spacial score (nSPS) is 27.6. The molecule has 1 fully saturated rings. The summed E-state index contributed by atoms with van der Waals surface area (Å²) in [4.78, 5) is 0. The molecule has 1 aromatic carbocycles. The second-order valence-electron chi connectivity index (χ2n) is 7.09. The summed E-state index contributed by atoms with van der Waals surface area (Å²) in [6, 6.07) is 9.49. The van der Waals surface area contributed by atoms with Crippen molar-refractivity contribution in [3.63, 3.8) is 0 Å². The molecule has 0 amide bonds. The number of methoxy groups -OCH3 is 1. The van der Waals surface area contributed by atoms with E-state index in [1.54, 1.807) is 7.11 Å². The van der Waals surface area contributed by atoms with Crippen LogP contribution in [0.5, 0.6) is 5.75 Å². The first-order valence-electron chi connectivity index (χ1n) is 8.41. The van der Waals surface area contributed by atoms with Crippen molar-refractivity contribution >= 4 is 0 Å². The molecule has 4 atom stereocenters. The molecule has 118 valence electrons. The molecule has 1 aliphatic rings. The van der Waals surface area contributed by atoms with Crippen LogP contribution in [0.15, 0.2) is 24.3 Å². The maximum atomic E-state index is 5.24. The maximum Gasteiger partial charge on any atom is 0.118 e. The Balaban J connectivity index is 2.02. The second kappa shape index (κ2) is 7.31. The minimum Gasteiger partial charge on any atom is -0.497 e. The Labute approximate surface area is 130 Å². The Morgan fingerprint density at radius 1 is 1.10 bits per heavy atom. The largest absolute Gasteiger partial charge is 0.497 e. The van der Waals surface area contributed by atoms with Crippen LogP contribution in [0.25, 0.3) is 0 Å². The lowest BCUT2D eigenvalue weighted by molar-refractivity contribution is 0.161. The van der Waals surface area contributed by atoms with E-state index in [0.29, 0.717) is 12.1 Å². The lowest BCUT2D eigenvalue weighted by Gasteiger charge is -2.39. The standard InChI is InChI=1S/C19H31NO/c1-13(2)18-11-6-14(3)12-19(18)20-15(4)16-7-9-17(21-5)10-8-16/h7-10,13-15,18-20H,6,11-12H2,1-5H3. The molecule has 2 rings (SSSR count). The molecule has 0 spiro atoms. The summed E-state index contributed by atoms with van der Waals surface area (Å²) >= 11 is 0. The third kappa shape index (κ3) is 4.23. The molecule has 0 aliphatic heterocycles. The van der Waals surface area contributed by atoms with Crippen molar-refractivity contribution in [1.29, 1.82) is 0 Å². The van der Waals surface area contributed by atoms with Gasteiger partial charge in [0.15, 0.2) is 0 Å². The molecule has 2 nitrogen and oxygen atoms in total. The Bertz CT molecular complexity index is 426. The predicted octanol–water partition coefficient (Wildman–Crippen LogP) is 4.81. The monoisotopic (exact) mass is 289 g/mol. The van der Waals surface area contributed by atoms with Crippen LogP contribution in [0.2, 0.25) is 0 Å². The number of hydrogen-bond acceptors (Lipinski definition) is 2. The lowest BCUT2D eigenvalue weighted by Crippen LogP contribution is -2.43. The van der Waals surface area contributed by atoms with Crippen LogP contribution >= 0.6 is 0 Å². The highest BCUT2D eigenvalue weighted by Gasteiger charge is 2.31. The van der Waals surface area contributed by atoms with Gasteiger partial charge in [0.2, 0.25) is 0 Å². The van der Waals surface area contributed by atoms with Crippen LogP contribution < -0.4 is 10.1 Å². The van der Waals surface area contributed by atoms with Crippen molar-refractivity contribution in [3.8, 4) is 5.75 Å². The Morgan fingerprint density at radius 2 is 1.76 bits per heavy atom. The van der Waals surface area contributed by atoms with Crippen molar-refractivity contribution in [1.82, 2.24) is 5.32 Å². The number of ether oxygens (including phenoxy) is 1. The van der Waals surface area contributed by atoms with E-state index >= 15 is 0 Å². The molecular formula is C19H31NO. The van der Waals surface area contributed by atoms with E-state index < -0.39 is 0 Å². The molecule has 1 N–H and O–H groups in total. The van der Waals surface area contributed by atoms with Gasteiger partial charge in [0.05, 0.1) is 7.11 Å². The molecule has 1 saturated carbocycles. The van der Waals surface area contributed by atoms with E-state index in [1.807, 2.05) is 0 Å². The molecule has 0 radical (unpaired) electrons. The zero-order valence-electron chi connectivity index (χ0n) is 14.2. The van der Waals surface area contributed by atoms with Gasteiger partial charge in [0.1, 0.15) is 5.75 Å². The van der Waals surface area contributed by atoms with Gasteiger partial charge in [-0.05, 0) is 55.2 Å². The molecular weight excluding hydrogens is 258 g/mol. The van der Waals surface area contributed by atoms with Gasteiger partial charge in [-0.3, -0.25) is 0 Å². The summed E-state index contributed by atoms with van der Waals surface area (Å²) in [6.07, 6.45) is 4.06. The maximum absolute atomic E-state index is 5.24. The summed E-state index contributed by atoms with van der Waals surface area (Å²) in [5.41, 5.74) is 1.34.